The molecular formula is C22H21N3O4. The van der Waals surface area contributed by atoms with E-state index in [0.29, 0.717) is 16.8 Å². The van der Waals surface area contributed by atoms with Crippen molar-refractivity contribution in [3.05, 3.63) is 77.9 Å². The van der Waals surface area contributed by atoms with Crippen molar-refractivity contribution in [3.63, 3.8) is 0 Å². The van der Waals surface area contributed by atoms with Gasteiger partial charge in [0, 0.05) is 42.9 Å². The first-order valence-electron chi connectivity index (χ1n) is 9.53. The number of H-pyrrole nitrogens is 1. The molecule has 0 unspecified atom stereocenters. The number of hydrogen-bond acceptors (Lipinski definition) is 4. The molecule has 3 heterocycles. The van der Waals surface area contributed by atoms with Gasteiger partial charge in [-0.05, 0) is 49.2 Å². The lowest BCUT2D eigenvalue weighted by molar-refractivity contribution is 0.0474. The number of aromatic nitrogens is 2. The molecule has 0 atom stereocenters. The summed E-state index contributed by atoms with van der Waals surface area (Å²) in [6.45, 7) is 1.09. The summed E-state index contributed by atoms with van der Waals surface area (Å²) >= 11 is 0. The van der Waals surface area contributed by atoms with E-state index in [2.05, 4.69) is 4.98 Å². The first kappa shape index (κ1) is 18.7. The standard InChI is InChI=1S/C22H21N3O4/c26-20(17-13-19(23-14-17)21(27)25-10-3-4-11-25)15-29-22(28)16-6-5-7-18(12-16)24-8-1-2-9-24/h1-2,5-9,12-14,23H,3-4,10-11,15H2. The minimum Gasteiger partial charge on any atom is -0.454 e. The number of hydrogen-bond donors (Lipinski definition) is 1. The Morgan fingerprint density at radius 3 is 2.48 bits per heavy atom. The van der Waals surface area contributed by atoms with E-state index in [4.69, 9.17) is 4.74 Å². The van der Waals surface area contributed by atoms with E-state index in [0.717, 1.165) is 31.6 Å². The highest BCUT2D eigenvalue weighted by molar-refractivity contribution is 6.02. The fourth-order valence-corrected chi connectivity index (χ4v) is 3.37. The van der Waals surface area contributed by atoms with Gasteiger partial charge >= 0.3 is 5.97 Å². The third kappa shape index (κ3) is 4.13. The van der Waals surface area contributed by atoms with Gasteiger partial charge in [0.1, 0.15) is 5.69 Å². The normalized spacial score (nSPS) is 13.4. The van der Waals surface area contributed by atoms with Crippen molar-refractivity contribution in [2.75, 3.05) is 19.7 Å². The first-order chi connectivity index (χ1) is 14.1. The molecule has 1 N–H and O–H groups in total. The Labute approximate surface area is 167 Å². The summed E-state index contributed by atoms with van der Waals surface area (Å²) in [4.78, 5) is 41.7. The van der Waals surface area contributed by atoms with Crippen LogP contribution in [0.4, 0.5) is 0 Å². The summed E-state index contributed by atoms with van der Waals surface area (Å²) in [5, 5.41) is 0. The zero-order chi connectivity index (χ0) is 20.2. The van der Waals surface area contributed by atoms with Crippen LogP contribution in [0.3, 0.4) is 0 Å². The molecule has 148 valence electrons. The molecule has 0 spiro atoms. The summed E-state index contributed by atoms with van der Waals surface area (Å²) < 4.78 is 7.05. The summed E-state index contributed by atoms with van der Waals surface area (Å²) in [7, 11) is 0. The number of nitrogens with one attached hydrogen (secondary N) is 1. The van der Waals surface area contributed by atoms with Crippen molar-refractivity contribution in [2.45, 2.75) is 12.8 Å². The lowest BCUT2D eigenvalue weighted by Crippen LogP contribution is -2.27. The highest BCUT2D eigenvalue weighted by Gasteiger charge is 2.22. The number of amides is 1. The van der Waals surface area contributed by atoms with Crippen molar-refractivity contribution in [3.8, 4) is 5.69 Å². The van der Waals surface area contributed by atoms with E-state index in [9.17, 15) is 14.4 Å². The first-order valence-corrected chi connectivity index (χ1v) is 9.53. The molecule has 0 radical (unpaired) electrons. The van der Waals surface area contributed by atoms with Crippen molar-refractivity contribution in [1.82, 2.24) is 14.5 Å². The largest absolute Gasteiger partial charge is 0.454 e. The van der Waals surface area contributed by atoms with Crippen LogP contribution in [0.25, 0.3) is 5.69 Å². The maximum Gasteiger partial charge on any atom is 0.338 e. The number of likely N-dealkylation sites (tertiary alicyclic amines) is 1. The van der Waals surface area contributed by atoms with Crippen molar-refractivity contribution >= 4 is 17.7 Å². The predicted octanol–water partition coefficient (Wildman–Crippen LogP) is 3.08. The Balaban J connectivity index is 1.37. The minimum absolute atomic E-state index is 0.111. The molecule has 0 bridgehead atoms. The van der Waals surface area contributed by atoms with Gasteiger partial charge in [-0.3, -0.25) is 9.59 Å². The van der Waals surface area contributed by atoms with E-state index in [1.54, 1.807) is 23.1 Å². The van der Waals surface area contributed by atoms with Gasteiger partial charge in [-0.15, -0.1) is 0 Å². The lowest BCUT2D eigenvalue weighted by Gasteiger charge is -2.13. The Bertz CT molecular complexity index is 1030. The van der Waals surface area contributed by atoms with Gasteiger partial charge in [-0.1, -0.05) is 6.07 Å². The summed E-state index contributed by atoms with van der Waals surface area (Å²) in [5.41, 5.74) is 1.89. The van der Waals surface area contributed by atoms with E-state index >= 15 is 0 Å². The number of Topliss-reactive ketones (excluding diaryl/α,β-unsaturated/α-hetero) is 1. The number of nitrogens with zero attached hydrogens (tertiary/aromatic N) is 2. The van der Waals surface area contributed by atoms with Gasteiger partial charge in [-0.25, -0.2) is 4.79 Å². The predicted molar refractivity (Wildman–Crippen MR) is 106 cm³/mol. The second kappa shape index (κ2) is 8.18. The van der Waals surface area contributed by atoms with Crippen LogP contribution >= 0.6 is 0 Å². The molecule has 2 aromatic heterocycles. The van der Waals surface area contributed by atoms with Crippen molar-refractivity contribution in [2.24, 2.45) is 0 Å². The van der Waals surface area contributed by atoms with Crippen LogP contribution in [0.2, 0.25) is 0 Å². The molecule has 1 fully saturated rings. The maximum absolute atomic E-state index is 12.4. The summed E-state index contributed by atoms with van der Waals surface area (Å²) in [6.07, 6.45) is 7.23. The van der Waals surface area contributed by atoms with E-state index < -0.39 is 5.97 Å². The van der Waals surface area contributed by atoms with Crippen LogP contribution in [0.1, 0.15) is 44.0 Å². The maximum atomic E-state index is 12.4. The molecule has 4 rings (SSSR count). The molecule has 1 saturated heterocycles. The number of rotatable bonds is 6. The van der Waals surface area contributed by atoms with E-state index in [1.165, 1.54) is 12.3 Å². The Morgan fingerprint density at radius 1 is 0.966 bits per heavy atom. The molecule has 1 aliphatic rings. The number of ether oxygens (including phenoxy) is 1. The average molecular weight is 391 g/mol. The van der Waals surface area contributed by atoms with Crippen LogP contribution in [0, 0.1) is 0 Å². The summed E-state index contributed by atoms with van der Waals surface area (Å²) in [5.74, 6) is -1.05. The van der Waals surface area contributed by atoms with Gasteiger partial charge < -0.3 is 19.2 Å². The molecular weight excluding hydrogens is 370 g/mol. The molecule has 0 saturated carbocycles. The minimum atomic E-state index is -0.573. The monoisotopic (exact) mass is 391 g/mol. The number of aromatic amines is 1. The fourth-order valence-electron chi connectivity index (χ4n) is 3.37. The average Bonchev–Trinajstić information content (AvgIpc) is 3.52. The second-order valence-electron chi connectivity index (χ2n) is 6.94. The van der Waals surface area contributed by atoms with E-state index in [1.807, 2.05) is 35.2 Å². The van der Waals surface area contributed by atoms with Crippen LogP contribution in [-0.2, 0) is 4.74 Å². The van der Waals surface area contributed by atoms with Crippen LogP contribution in [0.15, 0.2) is 61.1 Å². The van der Waals surface area contributed by atoms with Crippen LogP contribution < -0.4 is 0 Å². The van der Waals surface area contributed by atoms with Crippen molar-refractivity contribution in [1.29, 1.82) is 0 Å². The second-order valence-corrected chi connectivity index (χ2v) is 6.94. The topological polar surface area (TPSA) is 84.4 Å². The molecule has 1 aliphatic heterocycles. The molecule has 7 nitrogen and oxygen atoms in total. The Hall–Kier alpha value is -3.61. The smallest absolute Gasteiger partial charge is 0.338 e. The number of carbonyl (C=O) groups excluding carboxylic acids is 3. The lowest BCUT2D eigenvalue weighted by atomic mass is 10.2. The molecule has 1 aromatic carbocycles. The highest BCUT2D eigenvalue weighted by Crippen LogP contribution is 2.15. The highest BCUT2D eigenvalue weighted by atomic mass is 16.5. The quantitative estimate of drug-likeness (QED) is 0.517. The van der Waals surface area contributed by atoms with Gasteiger partial charge in [-0.2, -0.15) is 0 Å². The van der Waals surface area contributed by atoms with Crippen molar-refractivity contribution < 1.29 is 19.1 Å². The SMILES string of the molecule is O=C(COC(=O)c1cccc(-n2cccc2)c1)c1c[nH]c(C(=O)N2CCCC2)c1. The van der Waals surface area contributed by atoms with Gasteiger partial charge in [0.05, 0.1) is 5.56 Å². The molecule has 29 heavy (non-hydrogen) atoms. The number of ketones is 1. The third-order valence-electron chi connectivity index (χ3n) is 4.95. The third-order valence-corrected chi connectivity index (χ3v) is 4.95. The van der Waals surface area contributed by atoms with Crippen LogP contribution in [0.5, 0.6) is 0 Å². The number of carbonyl (C=O) groups is 3. The van der Waals surface area contributed by atoms with Gasteiger partial charge in [0.15, 0.2) is 6.61 Å². The Morgan fingerprint density at radius 2 is 1.72 bits per heavy atom. The zero-order valence-electron chi connectivity index (χ0n) is 15.8. The molecule has 3 aromatic rings. The molecule has 1 amide bonds. The Kier molecular flexibility index (Phi) is 5.29. The van der Waals surface area contributed by atoms with E-state index in [-0.39, 0.29) is 18.3 Å². The zero-order valence-corrected chi connectivity index (χ0v) is 15.8. The summed E-state index contributed by atoms with van der Waals surface area (Å²) in [6, 6.07) is 12.3. The van der Waals surface area contributed by atoms with Gasteiger partial charge in [0.2, 0.25) is 5.78 Å². The number of benzene rings is 1. The number of esters is 1. The molecule has 7 heteroatoms. The van der Waals surface area contributed by atoms with Crippen LogP contribution in [-0.4, -0.2) is 51.8 Å². The van der Waals surface area contributed by atoms with Gasteiger partial charge in [0.25, 0.3) is 5.91 Å². The molecule has 0 aliphatic carbocycles. The fraction of sp³-hybridized carbons (Fsp3) is 0.227.